The van der Waals surface area contributed by atoms with Gasteiger partial charge in [-0.3, -0.25) is 9.98 Å². The van der Waals surface area contributed by atoms with Gasteiger partial charge in [0, 0.05) is 17.8 Å². The molecule has 2 rings (SSSR count). The van der Waals surface area contributed by atoms with Gasteiger partial charge in [0.05, 0.1) is 0 Å². The van der Waals surface area contributed by atoms with Gasteiger partial charge in [0.2, 0.25) is 0 Å². The first-order valence-corrected chi connectivity index (χ1v) is 4.00. The number of fused-ring (bicyclic) bond motifs is 1. The van der Waals surface area contributed by atoms with Crippen molar-refractivity contribution in [2.75, 3.05) is 6.67 Å². The van der Waals surface area contributed by atoms with E-state index in [0.29, 0.717) is 12.6 Å². The van der Waals surface area contributed by atoms with Crippen molar-refractivity contribution in [1.82, 2.24) is 0 Å². The summed E-state index contributed by atoms with van der Waals surface area (Å²) in [5.41, 5.74) is 1.40. The van der Waals surface area contributed by atoms with Crippen molar-refractivity contribution in [3.8, 4) is 0 Å². The van der Waals surface area contributed by atoms with E-state index in [0.717, 1.165) is 0 Å². The Bertz CT molecular complexity index is 182. The predicted molar refractivity (Wildman–Crippen MR) is 42.8 cm³/mol. The Morgan fingerprint density at radius 3 is 3.30 bits per heavy atom. The molecule has 0 aromatic rings. The second-order valence-corrected chi connectivity index (χ2v) is 2.97. The van der Waals surface area contributed by atoms with Crippen LogP contribution in [-0.4, -0.2) is 18.6 Å². The van der Waals surface area contributed by atoms with Crippen LogP contribution in [0.5, 0.6) is 0 Å². The molecule has 0 radical (unpaired) electrons. The number of nitrogens with zero attached hydrogens (tertiary/aromatic N) is 2. The Morgan fingerprint density at radius 1 is 1.40 bits per heavy atom. The monoisotopic (exact) mass is 136 g/mol. The maximum Gasteiger partial charge on any atom is 0.128 e. The minimum absolute atomic E-state index is 0.613. The number of hydrogen-bond acceptors (Lipinski definition) is 2. The van der Waals surface area contributed by atoms with Crippen LogP contribution in [0, 0.1) is 5.92 Å². The topological polar surface area (TPSA) is 24.7 Å². The summed E-state index contributed by atoms with van der Waals surface area (Å²) in [6, 6.07) is 0. The molecule has 1 atom stereocenters. The zero-order valence-corrected chi connectivity index (χ0v) is 6.08. The first-order valence-electron chi connectivity index (χ1n) is 4.00. The highest BCUT2D eigenvalue weighted by Crippen LogP contribution is 2.21. The molecule has 2 nitrogen and oxygen atoms in total. The fraction of sp³-hybridized carbons (Fsp3) is 0.750. The minimum Gasteiger partial charge on any atom is -0.273 e. The lowest BCUT2D eigenvalue weighted by molar-refractivity contribution is 0.608. The van der Waals surface area contributed by atoms with E-state index < -0.39 is 0 Å². The molecule has 1 aliphatic carbocycles. The molecule has 0 spiro atoms. The van der Waals surface area contributed by atoms with Gasteiger partial charge in [0.1, 0.15) is 6.67 Å². The van der Waals surface area contributed by atoms with Gasteiger partial charge in [-0.05, 0) is 19.3 Å². The van der Waals surface area contributed by atoms with Crippen molar-refractivity contribution in [3.05, 3.63) is 0 Å². The molecular formula is C8H12N2. The highest BCUT2D eigenvalue weighted by Gasteiger charge is 2.19. The quantitative estimate of drug-likeness (QED) is 0.484. The van der Waals surface area contributed by atoms with E-state index in [-0.39, 0.29) is 0 Å². The van der Waals surface area contributed by atoms with Crippen molar-refractivity contribution < 1.29 is 0 Å². The van der Waals surface area contributed by atoms with Gasteiger partial charge in [0.25, 0.3) is 0 Å². The van der Waals surface area contributed by atoms with Crippen LogP contribution in [0.15, 0.2) is 9.98 Å². The van der Waals surface area contributed by atoms with Gasteiger partial charge in [-0.1, -0.05) is 6.42 Å². The second-order valence-electron chi connectivity index (χ2n) is 2.97. The Balaban J connectivity index is 2.13. The fourth-order valence-corrected chi connectivity index (χ4v) is 1.69. The Labute approximate surface area is 61.1 Å². The average molecular weight is 136 g/mol. The van der Waals surface area contributed by atoms with E-state index in [4.69, 9.17) is 0 Å². The maximum absolute atomic E-state index is 4.37. The molecule has 1 heterocycles. The van der Waals surface area contributed by atoms with Crippen LogP contribution in [0.3, 0.4) is 0 Å². The molecule has 2 aliphatic rings. The molecule has 0 bridgehead atoms. The van der Waals surface area contributed by atoms with Crippen LogP contribution in [0.25, 0.3) is 0 Å². The molecule has 1 unspecified atom stereocenters. The fourth-order valence-electron chi connectivity index (χ4n) is 1.69. The molecule has 0 amide bonds. The van der Waals surface area contributed by atoms with Gasteiger partial charge in [-0.2, -0.15) is 0 Å². The van der Waals surface area contributed by atoms with Crippen molar-refractivity contribution >= 4 is 11.9 Å². The maximum atomic E-state index is 4.37. The Kier molecular flexibility index (Phi) is 1.53. The molecule has 1 saturated carbocycles. The third-order valence-electron chi connectivity index (χ3n) is 2.27. The Morgan fingerprint density at radius 2 is 2.40 bits per heavy atom. The highest BCUT2D eigenvalue weighted by atomic mass is 15.0. The summed E-state index contributed by atoms with van der Waals surface area (Å²) < 4.78 is 0. The van der Waals surface area contributed by atoms with Crippen molar-refractivity contribution in [1.29, 1.82) is 0 Å². The summed E-state index contributed by atoms with van der Waals surface area (Å²) in [6.07, 6.45) is 7.28. The third kappa shape index (κ3) is 0.981. The van der Waals surface area contributed by atoms with E-state index >= 15 is 0 Å². The van der Waals surface area contributed by atoms with Gasteiger partial charge in [-0.15, -0.1) is 0 Å². The van der Waals surface area contributed by atoms with Crippen molar-refractivity contribution in [3.63, 3.8) is 0 Å². The Hall–Kier alpha value is -0.660. The van der Waals surface area contributed by atoms with Gasteiger partial charge in [0.15, 0.2) is 0 Å². The van der Waals surface area contributed by atoms with Crippen LogP contribution >= 0.6 is 0 Å². The second kappa shape index (κ2) is 2.52. The number of aliphatic imine (C=N–C) groups is 2. The summed E-state index contributed by atoms with van der Waals surface area (Å²) in [5.74, 6) is 0.613. The summed E-state index contributed by atoms with van der Waals surface area (Å²) in [7, 11) is 0. The van der Waals surface area contributed by atoms with E-state index in [1.165, 1.54) is 31.4 Å². The van der Waals surface area contributed by atoms with Crippen molar-refractivity contribution in [2.45, 2.75) is 25.7 Å². The van der Waals surface area contributed by atoms with Crippen LogP contribution in [-0.2, 0) is 0 Å². The molecule has 0 aromatic heterocycles. The summed E-state index contributed by atoms with van der Waals surface area (Å²) in [4.78, 5) is 8.52. The van der Waals surface area contributed by atoms with Crippen LogP contribution in [0.2, 0.25) is 0 Å². The van der Waals surface area contributed by atoms with Gasteiger partial charge >= 0.3 is 0 Å². The van der Waals surface area contributed by atoms with Crippen molar-refractivity contribution in [2.24, 2.45) is 15.9 Å². The summed E-state index contributed by atoms with van der Waals surface area (Å²) in [5, 5.41) is 0. The van der Waals surface area contributed by atoms with E-state index in [2.05, 4.69) is 16.2 Å². The van der Waals surface area contributed by atoms with Crippen LogP contribution in [0.4, 0.5) is 0 Å². The first kappa shape index (κ1) is 6.08. The molecule has 1 fully saturated rings. The predicted octanol–water partition coefficient (Wildman–Crippen LogP) is 1.66. The lowest BCUT2D eigenvalue weighted by Gasteiger charge is -2.22. The third-order valence-corrected chi connectivity index (χ3v) is 2.27. The summed E-state index contributed by atoms with van der Waals surface area (Å²) >= 11 is 0. The standard InChI is InChI=1S/C8H12N2/c1-2-4-8-7(3-1)5-9-6-10-8/h5,7H,1-4,6H2. The largest absolute Gasteiger partial charge is 0.273 e. The molecule has 2 heteroatoms. The van der Waals surface area contributed by atoms with Gasteiger partial charge in [-0.25, -0.2) is 0 Å². The minimum atomic E-state index is 0.613. The van der Waals surface area contributed by atoms with Crippen LogP contribution in [0.1, 0.15) is 25.7 Å². The highest BCUT2D eigenvalue weighted by molar-refractivity contribution is 6.00. The number of hydrogen-bond donors (Lipinski definition) is 0. The normalized spacial score (nSPS) is 31.2. The SMILES string of the molecule is C1=NCN=C2CCCCC12. The lowest BCUT2D eigenvalue weighted by atomic mass is 9.87. The molecule has 54 valence electrons. The van der Waals surface area contributed by atoms with Crippen LogP contribution < -0.4 is 0 Å². The molecule has 10 heavy (non-hydrogen) atoms. The van der Waals surface area contributed by atoms with Gasteiger partial charge < -0.3 is 0 Å². The van der Waals surface area contributed by atoms with E-state index in [1.54, 1.807) is 0 Å². The van der Waals surface area contributed by atoms with E-state index in [9.17, 15) is 0 Å². The first-order chi connectivity index (χ1) is 4.97. The zero-order valence-electron chi connectivity index (χ0n) is 6.08. The lowest BCUT2D eigenvalue weighted by Crippen LogP contribution is -2.23. The average Bonchev–Trinajstić information content (AvgIpc) is 2.05. The zero-order chi connectivity index (χ0) is 6.81. The summed E-state index contributed by atoms with van der Waals surface area (Å²) in [6.45, 7) is 0.686. The number of rotatable bonds is 0. The van der Waals surface area contributed by atoms with E-state index in [1.807, 2.05) is 0 Å². The molecule has 1 aliphatic heterocycles. The molecular weight excluding hydrogens is 124 g/mol. The molecule has 0 saturated heterocycles. The smallest absolute Gasteiger partial charge is 0.128 e. The molecule has 0 aromatic carbocycles. The molecule has 0 N–H and O–H groups in total.